The van der Waals surface area contributed by atoms with Gasteiger partial charge in [0, 0.05) is 12.7 Å². The molecule has 0 fully saturated rings. The van der Waals surface area contributed by atoms with Gasteiger partial charge in [0.1, 0.15) is 6.10 Å². The third kappa shape index (κ3) is 4.70. The van der Waals surface area contributed by atoms with Crippen LogP contribution < -0.4 is 10.5 Å². The van der Waals surface area contributed by atoms with E-state index in [0.29, 0.717) is 17.9 Å². The van der Waals surface area contributed by atoms with E-state index in [1.807, 2.05) is 0 Å². The highest BCUT2D eigenvalue weighted by Crippen LogP contribution is 2.24. The summed E-state index contributed by atoms with van der Waals surface area (Å²) in [5.41, 5.74) is 6.26. The summed E-state index contributed by atoms with van der Waals surface area (Å²) in [5, 5.41) is 19.8. The number of aromatic nitrogens is 1. The number of anilines is 1. The average Bonchev–Trinajstić information content (AvgIpc) is 2.38. The second-order valence-electron chi connectivity index (χ2n) is 3.98. The van der Waals surface area contributed by atoms with Crippen molar-refractivity contribution in [3.8, 4) is 5.88 Å². The summed E-state index contributed by atoms with van der Waals surface area (Å²) in [5.74, 6) is 0.654. The molecule has 0 bridgehead atoms. The van der Waals surface area contributed by atoms with Crippen LogP contribution in [0.15, 0.2) is 12.1 Å². The summed E-state index contributed by atoms with van der Waals surface area (Å²) in [6.45, 7) is 1.46. The molecular weight excluding hydrogens is 268 g/mol. The van der Waals surface area contributed by atoms with Gasteiger partial charge in [0.05, 0.1) is 24.6 Å². The first-order valence-electron chi connectivity index (χ1n) is 5.75. The van der Waals surface area contributed by atoms with Gasteiger partial charge in [0.25, 0.3) is 0 Å². The van der Waals surface area contributed by atoms with E-state index in [1.165, 1.54) is 20.1 Å². The zero-order valence-electron chi connectivity index (χ0n) is 10.9. The Balaban J connectivity index is 2.65. The molecule has 0 saturated heterocycles. The van der Waals surface area contributed by atoms with E-state index in [9.17, 15) is 15.0 Å². The lowest BCUT2D eigenvalue weighted by atomic mass is 10.1. The number of carbonyl (C=O) groups excluding carboxylic acids is 1. The van der Waals surface area contributed by atoms with E-state index in [2.05, 4.69) is 4.98 Å². The third-order valence-corrected chi connectivity index (χ3v) is 3.34. The Bertz CT molecular complexity index is 442. The Morgan fingerprint density at radius 3 is 2.79 bits per heavy atom. The standard InChI is InChI=1S/C12H18N2O4S/c1-7(15)19-6-5-10(16)11(17)9-4-3-8(13)12(14-9)18-2/h3-4,10-11,16-17H,5-6,13H2,1-2H3. The van der Waals surface area contributed by atoms with Gasteiger partial charge in [0.15, 0.2) is 5.12 Å². The maximum atomic E-state index is 10.8. The molecule has 1 rings (SSSR count). The van der Waals surface area contributed by atoms with Gasteiger partial charge >= 0.3 is 0 Å². The van der Waals surface area contributed by atoms with Crippen molar-refractivity contribution in [2.45, 2.75) is 25.6 Å². The van der Waals surface area contributed by atoms with Crippen LogP contribution in [0.3, 0.4) is 0 Å². The molecule has 19 heavy (non-hydrogen) atoms. The number of thioether (sulfide) groups is 1. The lowest BCUT2D eigenvalue weighted by molar-refractivity contribution is -0.109. The third-order valence-electron chi connectivity index (χ3n) is 2.49. The number of pyridine rings is 1. The second kappa shape index (κ2) is 7.32. The van der Waals surface area contributed by atoms with Crippen LogP contribution in [-0.2, 0) is 4.79 Å². The zero-order valence-corrected chi connectivity index (χ0v) is 11.7. The van der Waals surface area contributed by atoms with Crippen molar-refractivity contribution >= 4 is 22.6 Å². The topological polar surface area (TPSA) is 106 Å². The van der Waals surface area contributed by atoms with E-state index < -0.39 is 12.2 Å². The molecule has 2 atom stereocenters. The summed E-state index contributed by atoms with van der Waals surface area (Å²) in [4.78, 5) is 14.8. The molecule has 2 unspecified atom stereocenters. The minimum Gasteiger partial charge on any atom is -0.480 e. The molecule has 0 aliphatic rings. The van der Waals surface area contributed by atoms with E-state index in [-0.39, 0.29) is 16.7 Å². The van der Waals surface area contributed by atoms with Crippen LogP contribution in [0.2, 0.25) is 0 Å². The molecule has 1 heterocycles. The van der Waals surface area contributed by atoms with Crippen molar-refractivity contribution in [3.05, 3.63) is 17.8 Å². The molecule has 0 aliphatic carbocycles. The number of nitrogen functional groups attached to an aromatic ring is 1. The summed E-state index contributed by atoms with van der Waals surface area (Å²) in [7, 11) is 1.43. The van der Waals surface area contributed by atoms with Crippen molar-refractivity contribution in [2.24, 2.45) is 0 Å². The SMILES string of the molecule is COc1nc(C(O)C(O)CCSC(C)=O)ccc1N. The van der Waals surface area contributed by atoms with Crippen molar-refractivity contribution in [3.63, 3.8) is 0 Å². The van der Waals surface area contributed by atoms with Crippen LogP contribution in [0.25, 0.3) is 0 Å². The number of ether oxygens (including phenoxy) is 1. The monoisotopic (exact) mass is 286 g/mol. The van der Waals surface area contributed by atoms with Gasteiger partial charge in [-0.2, -0.15) is 0 Å². The van der Waals surface area contributed by atoms with Gasteiger partial charge in [-0.1, -0.05) is 11.8 Å². The molecule has 0 aromatic carbocycles. The number of rotatable bonds is 6. The number of carbonyl (C=O) groups is 1. The Morgan fingerprint density at radius 1 is 1.53 bits per heavy atom. The van der Waals surface area contributed by atoms with Gasteiger partial charge in [0.2, 0.25) is 5.88 Å². The molecule has 0 radical (unpaired) electrons. The van der Waals surface area contributed by atoms with Crippen molar-refractivity contribution < 1.29 is 19.7 Å². The molecular formula is C12H18N2O4S. The van der Waals surface area contributed by atoms with Crippen LogP contribution in [0.5, 0.6) is 5.88 Å². The average molecular weight is 286 g/mol. The fraction of sp³-hybridized carbons (Fsp3) is 0.500. The summed E-state index contributed by atoms with van der Waals surface area (Å²) in [6.07, 6.45) is -1.84. The van der Waals surface area contributed by atoms with Crippen LogP contribution in [0, 0.1) is 0 Å². The van der Waals surface area contributed by atoms with Gasteiger partial charge in [-0.25, -0.2) is 4.98 Å². The Labute approximate surface area is 116 Å². The first-order chi connectivity index (χ1) is 8.95. The van der Waals surface area contributed by atoms with Gasteiger partial charge in [-0.3, -0.25) is 4.79 Å². The highest BCUT2D eigenvalue weighted by Gasteiger charge is 2.20. The smallest absolute Gasteiger partial charge is 0.237 e. The van der Waals surface area contributed by atoms with Crippen molar-refractivity contribution in [1.29, 1.82) is 0 Å². The highest BCUT2D eigenvalue weighted by atomic mass is 32.2. The molecule has 0 saturated carbocycles. The number of methoxy groups -OCH3 is 1. The van der Waals surface area contributed by atoms with E-state index in [4.69, 9.17) is 10.5 Å². The maximum absolute atomic E-state index is 10.8. The molecule has 0 amide bonds. The summed E-state index contributed by atoms with van der Waals surface area (Å²) in [6, 6.07) is 3.09. The number of hydrogen-bond acceptors (Lipinski definition) is 7. The van der Waals surface area contributed by atoms with E-state index >= 15 is 0 Å². The quantitative estimate of drug-likeness (QED) is 0.708. The zero-order chi connectivity index (χ0) is 14.4. The first kappa shape index (κ1) is 15.7. The summed E-state index contributed by atoms with van der Waals surface area (Å²) < 4.78 is 4.95. The van der Waals surface area contributed by atoms with Crippen LogP contribution in [-0.4, -0.2) is 39.3 Å². The Morgan fingerprint density at radius 2 is 2.21 bits per heavy atom. The number of aliphatic hydroxyl groups excluding tert-OH is 2. The van der Waals surface area contributed by atoms with Gasteiger partial charge < -0.3 is 20.7 Å². The predicted octanol–water partition coefficient (Wildman–Crippen LogP) is 0.736. The lowest BCUT2D eigenvalue weighted by Crippen LogP contribution is -2.20. The summed E-state index contributed by atoms with van der Waals surface area (Å²) >= 11 is 1.11. The molecule has 1 aromatic rings. The highest BCUT2D eigenvalue weighted by molar-refractivity contribution is 8.13. The molecule has 7 heteroatoms. The van der Waals surface area contributed by atoms with E-state index in [0.717, 1.165) is 11.8 Å². The van der Waals surface area contributed by atoms with Gasteiger partial charge in [-0.15, -0.1) is 0 Å². The van der Waals surface area contributed by atoms with Crippen LogP contribution in [0.1, 0.15) is 25.1 Å². The Hall–Kier alpha value is -1.31. The number of nitrogens with zero attached hydrogens (tertiary/aromatic N) is 1. The van der Waals surface area contributed by atoms with Crippen molar-refractivity contribution in [1.82, 2.24) is 4.98 Å². The molecule has 6 nitrogen and oxygen atoms in total. The second-order valence-corrected chi connectivity index (χ2v) is 5.25. The lowest BCUT2D eigenvalue weighted by Gasteiger charge is -2.17. The van der Waals surface area contributed by atoms with Crippen LogP contribution in [0.4, 0.5) is 5.69 Å². The molecule has 106 valence electrons. The minimum absolute atomic E-state index is 0.0195. The maximum Gasteiger partial charge on any atom is 0.237 e. The predicted molar refractivity (Wildman–Crippen MR) is 73.9 cm³/mol. The Kier molecular flexibility index (Phi) is 6.07. The minimum atomic E-state index is -1.14. The molecule has 0 aliphatic heterocycles. The normalized spacial score (nSPS) is 13.9. The van der Waals surface area contributed by atoms with Crippen LogP contribution >= 0.6 is 11.8 Å². The first-order valence-corrected chi connectivity index (χ1v) is 6.74. The fourth-order valence-corrected chi connectivity index (χ4v) is 2.12. The fourth-order valence-electron chi connectivity index (χ4n) is 1.47. The number of hydrogen-bond donors (Lipinski definition) is 3. The van der Waals surface area contributed by atoms with E-state index in [1.54, 1.807) is 6.07 Å². The largest absolute Gasteiger partial charge is 0.480 e. The number of aliphatic hydroxyl groups is 2. The molecule has 1 aromatic heterocycles. The van der Waals surface area contributed by atoms with Crippen molar-refractivity contribution in [2.75, 3.05) is 18.6 Å². The molecule has 4 N–H and O–H groups in total. The number of nitrogens with two attached hydrogens (primary N) is 1. The molecule has 0 spiro atoms. The van der Waals surface area contributed by atoms with Gasteiger partial charge in [-0.05, 0) is 18.6 Å².